The standard InChI is InChI=1S/C21H11NOS/c1-2-7-16-12(5-1)14-11-15-19-13(21(14)23-16)6-3-8-17(19)24-18-9-4-10-22-20(15)18/h1-11H. The Labute approximate surface area is 142 Å². The van der Waals surface area contributed by atoms with Crippen molar-refractivity contribution < 1.29 is 4.42 Å². The van der Waals surface area contributed by atoms with E-state index in [1.165, 1.54) is 26.1 Å². The molecule has 5 aromatic rings. The molecule has 0 fully saturated rings. The Bertz CT molecular complexity index is 1290. The van der Waals surface area contributed by atoms with Gasteiger partial charge in [-0.1, -0.05) is 42.1 Å². The maximum Gasteiger partial charge on any atom is 0.143 e. The maximum absolute atomic E-state index is 6.20. The van der Waals surface area contributed by atoms with Gasteiger partial charge in [-0.2, -0.15) is 0 Å². The summed E-state index contributed by atoms with van der Waals surface area (Å²) in [5, 5.41) is 4.74. The molecule has 0 amide bonds. The van der Waals surface area contributed by atoms with Gasteiger partial charge >= 0.3 is 0 Å². The molecule has 1 aliphatic heterocycles. The van der Waals surface area contributed by atoms with Crippen LogP contribution in [0.25, 0.3) is 44.0 Å². The molecule has 3 heteroatoms. The second kappa shape index (κ2) is 4.40. The summed E-state index contributed by atoms with van der Waals surface area (Å²) in [6.07, 6.45) is 1.87. The first-order chi connectivity index (χ1) is 11.9. The molecular formula is C21H11NOS. The summed E-state index contributed by atoms with van der Waals surface area (Å²) >= 11 is 1.79. The highest BCUT2D eigenvalue weighted by atomic mass is 32.2. The summed E-state index contributed by atoms with van der Waals surface area (Å²) in [5.74, 6) is 0. The van der Waals surface area contributed by atoms with Crippen LogP contribution in [0.5, 0.6) is 0 Å². The first-order valence-corrected chi connectivity index (χ1v) is 8.72. The fourth-order valence-electron chi connectivity index (χ4n) is 3.69. The van der Waals surface area contributed by atoms with Gasteiger partial charge in [-0.3, -0.25) is 4.98 Å². The topological polar surface area (TPSA) is 26.0 Å². The largest absolute Gasteiger partial charge is 0.455 e. The Balaban J connectivity index is 1.91. The molecule has 0 atom stereocenters. The minimum absolute atomic E-state index is 0.935. The highest BCUT2D eigenvalue weighted by Crippen LogP contribution is 2.49. The quantitative estimate of drug-likeness (QED) is 0.329. The van der Waals surface area contributed by atoms with E-state index in [4.69, 9.17) is 4.42 Å². The summed E-state index contributed by atoms with van der Waals surface area (Å²) in [6, 6.07) is 21.1. The van der Waals surface area contributed by atoms with Crippen molar-refractivity contribution >= 4 is 44.5 Å². The van der Waals surface area contributed by atoms with E-state index in [0.29, 0.717) is 0 Å². The smallest absolute Gasteiger partial charge is 0.143 e. The van der Waals surface area contributed by atoms with E-state index >= 15 is 0 Å². The Morgan fingerprint density at radius 1 is 0.792 bits per heavy atom. The first kappa shape index (κ1) is 12.6. The van der Waals surface area contributed by atoms with Crippen molar-refractivity contribution in [1.29, 1.82) is 0 Å². The van der Waals surface area contributed by atoms with Crippen LogP contribution in [-0.4, -0.2) is 4.98 Å². The van der Waals surface area contributed by atoms with Gasteiger partial charge in [-0.25, -0.2) is 0 Å². The number of pyridine rings is 1. The fraction of sp³-hybridized carbons (Fsp3) is 0. The van der Waals surface area contributed by atoms with E-state index in [0.717, 1.165) is 27.6 Å². The van der Waals surface area contributed by atoms with E-state index in [2.05, 4.69) is 47.4 Å². The molecule has 0 saturated heterocycles. The predicted molar refractivity (Wildman–Crippen MR) is 98.6 cm³/mol. The third-order valence-corrected chi connectivity index (χ3v) is 5.82. The number of benzene rings is 3. The third-order valence-electron chi connectivity index (χ3n) is 4.71. The van der Waals surface area contributed by atoms with Gasteiger partial charge in [-0.05, 0) is 30.3 Å². The molecule has 0 bridgehead atoms. The normalized spacial score (nSPS) is 12.8. The lowest BCUT2D eigenvalue weighted by Crippen LogP contribution is -1.95. The Hall–Kier alpha value is -2.78. The van der Waals surface area contributed by atoms with Crippen molar-refractivity contribution in [3.63, 3.8) is 0 Å². The molecule has 2 aromatic heterocycles. The van der Waals surface area contributed by atoms with Crippen molar-refractivity contribution in [2.45, 2.75) is 9.79 Å². The predicted octanol–water partition coefficient (Wildman–Crippen LogP) is 6.27. The van der Waals surface area contributed by atoms with Gasteiger partial charge < -0.3 is 4.42 Å². The van der Waals surface area contributed by atoms with Crippen LogP contribution in [-0.2, 0) is 0 Å². The average molecular weight is 325 g/mol. The Morgan fingerprint density at radius 3 is 2.67 bits per heavy atom. The molecule has 0 N–H and O–H groups in total. The lowest BCUT2D eigenvalue weighted by Gasteiger charge is -2.19. The van der Waals surface area contributed by atoms with Crippen molar-refractivity contribution in [2.75, 3.05) is 0 Å². The van der Waals surface area contributed by atoms with E-state index in [9.17, 15) is 0 Å². The van der Waals surface area contributed by atoms with Crippen LogP contribution >= 0.6 is 11.8 Å². The number of para-hydroxylation sites is 1. The fourth-order valence-corrected chi connectivity index (χ4v) is 4.80. The molecule has 0 saturated carbocycles. The summed E-state index contributed by atoms with van der Waals surface area (Å²) in [6.45, 7) is 0. The molecule has 0 aliphatic carbocycles. The number of nitrogens with zero attached hydrogens (tertiary/aromatic N) is 1. The summed E-state index contributed by atoms with van der Waals surface area (Å²) in [5.41, 5.74) is 4.17. The van der Waals surface area contributed by atoms with Crippen molar-refractivity contribution in [3.8, 4) is 11.3 Å². The Morgan fingerprint density at radius 2 is 1.67 bits per heavy atom. The monoisotopic (exact) mass is 325 g/mol. The first-order valence-electron chi connectivity index (χ1n) is 7.90. The molecule has 0 unspecified atom stereocenters. The van der Waals surface area contributed by atoms with Crippen LogP contribution in [0.3, 0.4) is 0 Å². The lowest BCUT2D eigenvalue weighted by molar-refractivity contribution is 0.672. The van der Waals surface area contributed by atoms with Crippen molar-refractivity contribution in [3.05, 3.63) is 66.9 Å². The third kappa shape index (κ3) is 1.50. The highest BCUT2D eigenvalue weighted by molar-refractivity contribution is 7.99. The maximum atomic E-state index is 6.20. The summed E-state index contributed by atoms with van der Waals surface area (Å²) in [7, 11) is 0. The SMILES string of the molecule is c1cnc2c(c1)Sc1cccc3c1c-2cc1c2ccccc2oc31. The van der Waals surface area contributed by atoms with Gasteiger partial charge in [0, 0.05) is 43.1 Å². The zero-order valence-corrected chi connectivity index (χ0v) is 13.4. The van der Waals surface area contributed by atoms with E-state index in [1.54, 1.807) is 11.8 Å². The lowest BCUT2D eigenvalue weighted by atomic mass is 9.97. The molecule has 6 rings (SSSR count). The molecule has 112 valence electrons. The van der Waals surface area contributed by atoms with E-state index in [-0.39, 0.29) is 0 Å². The van der Waals surface area contributed by atoms with Crippen LogP contribution in [0, 0.1) is 0 Å². The number of hydrogen-bond acceptors (Lipinski definition) is 3. The number of furan rings is 1. The molecule has 0 spiro atoms. The van der Waals surface area contributed by atoms with Gasteiger partial charge in [0.15, 0.2) is 0 Å². The van der Waals surface area contributed by atoms with Crippen LogP contribution in [0.1, 0.15) is 0 Å². The summed E-state index contributed by atoms with van der Waals surface area (Å²) in [4.78, 5) is 7.14. The van der Waals surface area contributed by atoms with Gasteiger partial charge in [0.2, 0.25) is 0 Å². The molecule has 2 nitrogen and oxygen atoms in total. The minimum atomic E-state index is 0.935. The van der Waals surface area contributed by atoms with E-state index in [1.807, 2.05) is 24.4 Å². The number of hydrogen-bond donors (Lipinski definition) is 0. The molecular weight excluding hydrogens is 314 g/mol. The van der Waals surface area contributed by atoms with Crippen LogP contribution in [0.15, 0.2) is 81.1 Å². The van der Waals surface area contributed by atoms with E-state index < -0.39 is 0 Å². The molecule has 3 aromatic carbocycles. The van der Waals surface area contributed by atoms with Crippen LogP contribution in [0.2, 0.25) is 0 Å². The zero-order chi connectivity index (χ0) is 15.7. The molecule has 3 heterocycles. The number of fused-ring (bicyclic) bond motifs is 6. The summed E-state index contributed by atoms with van der Waals surface area (Å²) < 4.78 is 6.20. The van der Waals surface area contributed by atoms with Crippen molar-refractivity contribution in [1.82, 2.24) is 4.98 Å². The average Bonchev–Trinajstić information content (AvgIpc) is 3.01. The van der Waals surface area contributed by atoms with Crippen LogP contribution < -0.4 is 0 Å². The van der Waals surface area contributed by atoms with Gasteiger partial charge in [-0.15, -0.1) is 0 Å². The Kier molecular flexibility index (Phi) is 2.31. The van der Waals surface area contributed by atoms with Gasteiger partial charge in [0.05, 0.1) is 5.69 Å². The second-order valence-electron chi connectivity index (χ2n) is 6.03. The van der Waals surface area contributed by atoms with Gasteiger partial charge in [0.25, 0.3) is 0 Å². The highest BCUT2D eigenvalue weighted by Gasteiger charge is 2.23. The van der Waals surface area contributed by atoms with Crippen LogP contribution in [0.4, 0.5) is 0 Å². The molecule has 0 radical (unpaired) electrons. The minimum Gasteiger partial charge on any atom is -0.455 e. The zero-order valence-electron chi connectivity index (χ0n) is 12.6. The van der Waals surface area contributed by atoms with Crippen molar-refractivity contribution in [2.24, 2.45) is 0 Å². The second-order valence-corrected chi connectivity index (χ2v) is 7.11. The number of rotatable bonds is 0. The number of aromatic nitrogens is 1. The van der Waals surface area contributed by atoms with Gasteiger partial charge in [0.1, 0.15) is 11.2 Å². The molecule has 1 aliphatic rings. The molecule has 24 heavy (non-hydrogen) atoms.